The van der Waals surface area contributed by atoms with Crippen molar-refractivity contribution >= 4 is 23.3 Å². The lowest BCUT2D eigenvalue weighted by atomic mass is 10.0. The van der Waals surface area contributed by atoms with Crippen molar-refractivity contribution in [3.63, 3.8) is 0 Å². The number of aromatic hydroxyl groups is 1. The van der Waals surface area contributed by atoms with Crippen molar-refractivity contribution in [2.24, 2.45) is 0 Å². The van der Waals surface area contributed by atoms with Crippen LogP contribution in [0.5, 0.6) is 5.75 Å². The second kappa shape index (κ2) is 8.38. The largest absolute Gasteiger partial charge is 0.508 e. The highest BCUT2D eigenvalue weighted by Crippen LogP contribution is 2.18. The van der Waals surface area contributed by atoms with E-state index in [9.17, 15) is 9.90 Å². The number of carbonyl (C=O) groups is 1. The lowest BCUT2D eigenvalue weighted by molar-refractivity contribution is 0.183. The van der Waals surface area contributed by atoms with E-state index in [2.05, 4.69) is 20.5 Å². The van der Waals surface area contributed by atoms with Gasteiger partial charge in [0.1, 0.15) is 10.9 Å². The summed E-state index contributed by atoms with van der Waals surface area (Å²) in [4.78, 5) is 18.7. The molecule has 1 saturated heterocycles. The predicted octanol–water partition coefficient (Wildman–Crippen LogP) is 3.54. The van der Waals surface area contributed by atoms with Gasteiger partial charge in [0.2, 0.25) is 0 Å². The fraction of sp³-hybridized carbons (Fsp3) is 0.368. The van der Waals surface area contributed by atoms with Gasteiger partial charge in [0.05, 0.1) is 11.4 Å². The van der Waals surface area contributed by atoms with Crippen LogP contribution in [-0.2, 0) is 6.54 Å². The molecule has 26 heavy (non-hydrogen) atoms. The molecule has 1 aliphatic rings. The SMILES string of the molecule is Cc1nc(Cl)ccc1NC(=O)N[C@@H]1CCCN(Cc2cccc(O)c2)C1. The molecule has 3 rings (SSSR count). The highest BCUT2D eigenvalue weighted by molar-refractivity contribution is 6.29. The number of urea groups is 1. The van der Waals surface area contributed by atoms with E-state index in [0.29, 0.717) is 16.5 Å². The fourth-order valence-corrected chi connectivity index (χ4v) is 3.43. The molecule has 1 fully saturated rings. The first-order valence-electron chi connectivity index (χ1n) is 8.70. The Morgan fingerprint density at radius 3 is 3.00 bits per heavy atom. The van der Waals surface area contributed by atoms with Crippen LogP contribution in [0.4, 0.5) is 10.5 Å². The maximum absolute atomic E-state index is 12.3. The van der Waals surface area contributed by atoms with Crippen LogP contribution >= 0.6 is 11.6 Å². The number of halogens is 1. The minimum absolute atomic E-state index is 0.0848. The Kier molecular flexibility index (Phi) is 5.96. The lowest BCUT2D eigenvalue weighted by Crippen LogP contribution is -2.48. The van der Waals surface area contributed by atoms with Crippen molar-refractivity contribution in [3.8, 4) is 5.75 Å². The summed E-state index contributed by atoms with van der Waals surface area (Å²) < 4.78 is 0. The van der Waals surface area contributed by atoms with E-state index >= 15 is 0 Å². The summed E-state index contributed by atoms with van der Waals surface area (Å²) in [6.45, 7) is 4.32. The quantitative estimate of drug-likeness (QED) is 0.715. The Labute approximate surface area is 158 Å². The van der Waals surface area contributed by atoms with E-state index in [1.54, 1.807) is 31.2 Å². The number of hydrogen-bond donors (Lipinski definition) is 3. The van der Waals surface area contributed by atoms with Gasteiger partial charge in [0, 0.05) is 19.1 Å². The molecule has 6 nitrogen and oxygen atoms in total. The molecule has 2 aromatic rings. The molecule has 7 heteroatoms. The number of rotatable bonds is 4. The van der Waals surface area contributed by atoms with Gasteiger partial charge < -0.3 is 15.7 Å². The second-order valence-electron chi connectivity index (χ2n) is 6.61. The summed E-state index contributed by atoms with van der Waals surface area (Å²) in [5.41, 5.74) is 2.40. The minimum Gasteiger partial charge on any atom is -0.508 e. The van der Waals surface area contributed by atoms with Crippen molar-refractivity contribution in [1.82, 2.24) is 15.2 Å². The summed E-state index contributed by atoms with van der Waals surface area (Å²) in [5.74, 6) is 0.278. The van der Waals surface area contributed by atoms with Gasteiger partial charge in [0.15, 0.2) is 0 Å². The van der Waals surface area contributed by atoms with Crippen molar-refractivity contribution in [3.05, 3.63) is 52.8 Å². The molecular formula is C19H23ClN4O2. The third-order valence-electron chi connectivity index (χ3n) is 4.46. The van der Waals surface area contributed by atoms with Gasteiger partial charge in [-0.3, -0.25) is 4.90 Å². The van der Waals surface area contributed by atoms with Gasteiger partial charge in [-0.2, -0.15) is 0 Å². The van der Waals surface area contributed by atoms with Crippen molar-refractivity contribution in [1.29, 1.82) is 0 Å². The Balaban J connectivity index is 1.53. The molecule has 1 aromatic heterocycles. The van der Waals surface area contributed by atoms with E-state index in [4.69, 9.17) is 11.6 Å². The van der Waals surface area contributed by atoms with Crippen molar-refractivity contribution in [2.75, 3.05) is 18.4 Å². The number of nitrogens with zero attached hydrogens (tertiary/aromatic N) is 2. The van der Waals surface area contributed by atoms with Crippen molar-refractivity contribution in [2.45, 2.75) is 32.4 Å². The fourth-order valence-electron chi connectivity index (χ4n) is 3.24. The standard InChI is InChI=1S/C19H23ClN4O2/c1-13-17(7-8-18(20)21-13)23-19(26)22-15-5-3-9-24(12-15)11-14-4-2-6-16(25)10-14/h2,4,6-8,10,15,25H,3,5,9,11-12H2,1H3,(H2,22,23,26)/t15-/m1/s1. The molecule has 0 spiro atoms. The molecule has 1 atom stereocenters. The highest BCUT2D eigenvalue weighted by Gasteiger charge is 2.21. The molecule has 2 amide bonds. The molecule has 1 aromatic carbocycles. The van der Waals surface area contributed by atoms with E-state index in [-0.39, 0.29) is 17.8 Å². The maximum atomic E-state index is 12.3. The number of phenolic OH excluding ortho intramolecular Hbond substituents is 1. The van der Waals surface area contributed by atoms with E-state index in [1.807, 2.05) is 12.1 Å². The second-order valence-corrected chi connectivity index (χ2v) is 7.00. The van der Waals surface area contributed by atoms with Crippen molar-refractivity contribution < 1.29 is 9.90 Å². The van der Waals surface area contributed by atoms with Gasteiger partial charge in [0.25, 0.3) is 0 Å². The molecule has 3 N–H and O–H groups in total. The average molecular weight is 375 g/mol. The number of benzene rings is 1. The van der Waals surface area contributed by atoms with Gasteiger partial charge in [-0.15, -0.1) is 0 Å². The zero-order chi connectivity index (χ0) is 18.5. The van der Waals surface area contributed by atoms with E-state index in [1.165, 1.54) is 0 Å². The van der Waals surface area contributed by atoms with Crippen LogP contribution in [0.2, 0.25) is 5.15 Å². The molecule has 138 valence electrons. The van der Waals surface area contributed by atoms with Crippen LogP contribution in [-0.4, -0.2) is 40.2 Å². The van der Waals surface area contributed by atoms with Crippen LogP contribution in [0.3, 0.4) is 0 Å². The number of aromatic nitrogens is 1. The number of phenols is 1. The number of piperidine rings is 1. The first kappa shape index (κ1) is 18.5. The summed E-state index contributed by atoms with van der Waals surface area (Å²) in [5, 5.41) is 15.9. The normalized spacial score (nSPS) is 17.7. The van der Waals surface area contributed by atoms with Gasteiger partial charge in [-0.05, 0) is 56.1 Å². The monoisotopic (exact) mass is 374 g/mol. The number of pyridine rings is 1. The lowest BCUT2D eigenvalue weighted by Gasteiger charge is -2.33. The maximum Gasteiger partial charge on any atom is 0.319 e. The van der Waals surface area contributed by atoms with Crippen LogP contribution in [0.15, 0.2) is 36.4 Å². The number of amides is 2. The molecule has 1 aliphatic heterocycles. The number of nitrogens with one attached hydrogen (secondary N) is 2. The molecular weight excluding hydrogens is 352 g/mol. The number of hydrogen-bond acceptors (Lipinski definition) is 4. The Morgan fingerprint density at radius 1 is 1.38 bits per heavy atom. The van der Waals surface area contributed by atoms with Gasteiger partial charge in [-0.1, -0.05) is 23.7 Å². The van der Waals surface area contributed by atoms with Gasteiger partial charge >= 0.3 is 6.03 Å². The number of aryl methyl sites for hydroxylation is 1. The van der Waals surface area contributed by atoms with Crippen LogP contribution in [0.1, 0.15) is 24.1 Å². The first-order valence-corrected chi connectivity index (χ1v) is 9.08. The Bertz CT molecular complexity index is 784. The van der Waals surface area contributed by atoms with Gasteiger partial charge in [-0.25, -0.2) is 9.78 Å². The van der Waals surface area contributed by atoms with Crippen LogP contribution < -0.4 is 10.6 Å². The topological polar surface area (TPSA) is 77.5 Å². The molecule has 0 bridgehead atoms. The average Bonchev–Trinajstić information content (AvgIpc) is 2.58. The number of likely N-dealkylation sites (tertiary alicyclic amines) is 1. The zero-order valence-electron chi connectivity index (χ0n) is 14.7. The van der Waals surface area contributed by atoms with Crippen LogP contribution in [0, 0.1) is 6.92 Å². The smallest absolute Gasteiger partial charge is 0.319 e. The Hall–Kier alpha value is -2.31. The summed E-state index contributed by atoms with van der Waals surface area (Å²) >= 11 is 5.84. The third-order valence-corrected chi connectivity index (χ3v) is 4.67. The number of anilines is 1. The predicted molar refractivity (Wildman–Crippen MR) is 103 cm³/mol. The van der Waals surface area contributed by atoms with Crippen LogP contribution in [0.25, 0.3) is 0 Å². The molecule has 0 aliphatic carbocycles. The van der Waals surface area contributed by atoms with E-state index < -0.39 is 0 Å². The summed E-state index contributed by atoms with van der Waals surface area (Å²) in [7, 11) is 0. The number of carbonyl (C=O) groups excluding carboxylic acids is 1. The highest BCUT2D eigenvalue weighted by atomic mass is 35.5. The molecule has 2 heterocycles. The molecule has 0 radical (unpaired) electrons. The summed E-state index contributed by atoms with van der Waals surface area (Å²) in [6.07, 6.45) is 1.97. The first-order chi connectivity index (χ1) is 12.5. The Morgan fingerprint density at radius 2 is 2.23 bits per heavy atom. The third kappa shape index (κ3) is 5.09. The molecule has 0 unspecified atom stereocenters. The van der Waals surface area contributed by atoms with E-state index in [0.717, 1.165) is 38.0 Å². The summed E-state index contributed by atoms with van der Waals surface area (Å²) in [6, 6.07) is 10.5. The minimum atomic E-state index is -0.235. The zero-order valence-corrected chi connectivity index (χ0v) is 15.5. The molecule has 0 saturated carbocycles.